The molecule has 0 aromatic heterocycles. The second-order valence-corrected chi connectivity index (χ2v) is 5.55. The lowest BCUT2D eigenvalue weighted by atomic mass is 10.1. The van der Waals surface area contributed by atoms with Crippen LogP contribution in [0.2, 0.25) is 0 Å². The standard InChI is InChI=1S/C16H22ClNO3/c1-20-14-8-7-12(9-15(14)21-2)11-18(16(19)10-17)13-5-3-4-6-13/h7-9,13H,3-6,10-11H2,1-2H3. The van der Waals surface area contributed by atoms with Crippen LogP contribution >= 0.6 is 11.6 Å². The molecule has 0 bridgehead atoms. The van der Waals surface area contributed by atoms with Crippen LogP contribution in [0.4, 0.5) is 0 Å². The van der Waals surface area contributed by atoms with E-state index in [0.717, 1.165) is 18.4 Å². The van der Waals surface area contributed by atoms with E-state index in [1.54, 1.807) is 14.2 Å². The van der Waals surface area contributed by atoms with Crippen LogP contribution in [0, 0.1) is 0 Å². The molecule has 1 amide bonds. The van der Waals surface area contributed by atoms with E-state index in [-0.39, 0.29) is 11.8 Å². The van der Waals surface area contributed by atoms with E-state index < -0.39 is 0 Å². The van der Waals surface area contributed by atoms with Crippen molar-refractivity contribution in [3.8, 4) is 11.5 Å². The molecule has 4 nitrogen and oxygen atoms in total. The molecule has 0 unspecified atom stereocenters. The lowest BCUT2D eigenvalue weighted by molar-refractivity contribution is -0.131. The third-order valence-corrected chi connectivity index (χ3v) is 4.23. The van der Waals surface area contributed by atoms with E-state index in [1.807, 2.05) is 23.1 Å². The Labute approximate surface area is 131 Å². The van der Waals surface area contributed by atoms with Gasteiger partial charge in [-0.1, -0.05) is 18.9 Å². The number of carbonyl (C=O) groups excluding carboxylic acids is 1. The topological polar surface area (TPSA) is 38.8 Å². The Kier molecular flexibility index (Phi) is 5.74. The van der Waals surface area contributed by atoms with Crippen LogP contribution in [-0.4, -0.2) is 36.9 Å². The van der Waals surface area contributed by atoms with E-state index >= 15 is 0 Å². The second kappa shape index (κ2) is 7.55. The molecule has 0 spiro atoms. The highest BCUT2D eigenvalue weighted by Gasteiger charge is 2.26. The Hall–Kier alpha value is -1.42. The maximum absolute atomic E-state index is 12.1. The van der Waals surface area contributed by atoms with Crippen molar-refractivity contribution in [1.82, 2.24) is 4.90 Å². The highest BCUT2D eigenvalue weighted by molar-refractivity contribution is 6.27. The Bertz CT molecular complexity index is 486. The molecule has 1 aromatic carbocycles. The fourth-order valence-electron chi connectivity index (χ4n) is 2.89. The zero-order chi connectivity index (χ0) is 15.2. The zero-order valence-electron chi connectivity index (χ0n) is 12.6. The van der Waals surface area contributed by atoms with Gasteiger partial charge in [0.1, 0.15) is 5.88 Å². The summed E-state index contributed by atoms with van der Waals surface area (Å²) in [6.07, 6.45) is 4.50. The van der Waals surface area contributed by atoms with Gasteiger partial charge in [0.05, 0.1) is 14.2 Å². The summed E-state index contributed by atoms with van der Waals surface area (Å²) in [4.78, 5) is 14.0. The van der Waals surface area contributed by atoms with E-state index in [9.17, 15) is 4.79 Å². The summed E-state index contributed by atoms with van der Waals surface area (Å²) in [7, 11) is 3.22. The van der Waals surface area contributed by atoms with Gasteiger partial charge in [-0.2, -0.15) is 0 Å². The minimum absolute atomic E-state index is 0.00153. The van der Waals surface area contributed by atoms with Crippen LogP contribution in [0.1, 0.15) is 31.2 Å². The molecular formula is C16H22ClNO3. The lowest BCUT2D eigenvalue weighted by Crippen LogP contribution is -2.39. The average Bonchev–Trinajstić information content (AvgIpc) is 3.05. The van der Waals surface area contributed by atoms with Crippen LogP contribution in [0.5, 0.6) is 11.5 Å². The molecule has 0 saturated heterocycles. The molecule has 1 aromatic rings. The molecule has 0 N–H and O–H groups in total. The van der Waals surface area contributed by atoms with Gasteiger partial charge in [0.2, 0.25) is 5.91 Å². The fourth-order valence-corrected chi connectivity index (χ4v) is 3.04. The predicted octanol–water partition coefficient (Wildman–Crippen LogP) is 3.21. The number of carbonyl (C=O) groups is 1. The number of ether oxygens (including phenoxy) is 2. The molecule has 0 atom stereocenters. The van der Waals surface area contributed by atoms with Crippen LogP contribution in [-0.2, 0) is 11.3 Å². The van der Waals surface area contributed by atoms with Crippen molar-refractivity contribution in [3.63, 3.8) is 0 Å². The molecule has 1 fully saturated rings. The quantitative estimate of drug-likeness (QED) is 0.757. The molecule has 116 valence electrons. The number of rotatable bonds is 6. The average molecular weight is 312 g/mol. The molecule has 0 aliphatic heterocycles. The molecule has 21 heavy (non-hydrogen) atoms. The lowest BCUT2D eigenvalue weighted by Gasteiger charge is -2.28. The first-order valence-electron chi connectivity index (χ1n) is 7.26. The minimum atomic E-state index is -0.00153. The van der Waals surface area contributed by atoms with Crippen LogP contribution in [0.15, 0.2) is 18.2 Å². The van der Waals surface area contributed by atoms with E-state index in [0.29, 0.717) is 24.1 Å². The zero-order valence-corrected chi connectivity index (χ0v) is 13.4. The van der Waals surface area contributed by atoms with Gasteiger partial charge in [0.15, 0.2) is 11.5 Å². The van der Waals surface area contributed by atoms with E-state index in [1.165, 1.54) is 12.8 Å². The summed E-state index contributed by atoms with van der Waals surface area (Å²) in [5.41, 5.74) is 1.03. The monoisotopic (exact) mass is 311 g/mol. The Morgan fingerprint density at radius 3 is 2.48 bits per heavy atom. The van der Waals surface area contributed by atoms with E-state index in [2.05, 4.69) is 0 Å². The van der Waals surface area contributed by atoms with Gasteiger partial charge in [-0.3, -0.25) is 4.79 Å². The van der Waals surface area contributed by atoms with Crippen LogP contribution < -0.4 is 9.47 Å². The van der Waals surface area contributed by atoms with Crippen molar-refractivity contribution in [2.45, 2.75) is 38.3 Å². The summed E-state index contributed by atoms with van der Waals surface area (Å²) in [5.74, 6) is 1.40. The smallest absolute Gasteiger partial charge is 0.238 e. The van der Waals surface area contributed by atoms with E-state index in [4.69, 9.17) is 21.1 Å². The normalized spacial score (nSPS) is 15.0. The molecule has 0 radical (unpaired) electrons. The molecule has 0 heterocycles. The van der Waals surface area contributed by atoms with Gasteiger partial charge in [0, 0.05) is 12.6 Å². The molecule has 1 aliphatic rings. The van der Waals surface area contributed by atoms with Crippen molar-refractivity contribution < 1.29 is 14.3 Å². The number of alkyl halides is 1. The van der Waals surface area contributed by atoms with Crippen molar-refractivity contribution in [1.29, 1.82) is 0 Å². The first kappa shape index (κ1) is 16.0. The number of nitrogens with zero attached hydrogens (tertiary/aromatic N) is 1. The van der Waals surface area contributed by atoms with Gasteiger partial charge in [0.25, 0.3) is 0 Å². The molecule has 1 saturated carbocycles. The largest absolute Gasteiger partial charge is 0.493 e. The number of hydrogen-bond acceptors (Lipinski definition) is 3. The number of benzene rings is 1. The van der Waals surface area contributed by atoms with Crippen LogP contribution in [0.3, 0.4) is 0 Å². The maximum atomic E-state index is 12.1. The molecular weight excluding hydrogens is 290 g/mol. The minimum Gasteiger partial charge on any atom is -0.493 e. The molecule has 1 aliphatic carbocycles. The summed E-state index contributed by atoms with van der Waals surface area (Å²) in [6.45, 7) is 0.566. The van der Waals surface area contributed by atoms with Crippen molar-refractivity contribution in [2.75, 3.05) is 20.1 Å². The summed E-state index contributed by atoms with van der Waals surface area (Å²) >= 11 is 5.76. The highest BCUT2D eigenvalue weighted by Crippen LogP contribution is 2.30. The number of hydrogen-bond donors (Lipinski definition) is 0. The number of halogens is 1. The van der Waals surface area contributed by atoms with Gasteiger partial charge in [-0.25, -0.2) is 0 Å². The first-order valence-corrected chi connectivity index (χ1v) is 7.79. The third kappa shape index (κ3) is 3.82. The number of amides is 1. The second-order valence-electron chi connectivity index (χ2n) is 5.28. The summed E-state index contributed by atoms with van der Waals surface area (Å²) in [6, 6.07) is 6.06. The van der Waals surface area contributed by atoms with Gasteiger partial charge < -0.3 is 14.4 Å². The molecule has 5 heteroatoms. The van der Waals surface area contributed by atoms with Crippen molar-refractivity contribution in [3.05, 3.63) is 23.8 Å². The summed E-state index contributed by atoms with van der Waals surface area (Å²) in [5, 5.41) is 0. The van der Waals surface area contributed by atoms with Gasteiger partial charge in [-0.05, 0) is 30.5 Å². The Morgan fingerprint density at radius 2 is 1.90 bits per heavy atom. The van der Waals surface area contributed by atoms with Crippen molar-refractivity contribution in [2.24, 2.45) is 0 Å². The maximum Gasteiger partial charge on any atom is 0.238 e. The Morgan fingerprint density at radius 1 is 1.24 bits per heavy atom. The van der Waals surface area contributed by atoms with Gasteiger partial charge in [-0.15, -0.1) is 11.6 Å². The first-order chi connectivity index (χ1) is 10.2. The Balaban J connectivity index is 2.17. The fraction of sp³-hybridized carbons (Fsp3) is 0.562. The van der Waals surface area contributed by atoms with Gasteiger partial charge >= 0.3 is 0 Å². The van der Waals surface area contributed by atoms with Crippen molar-refractivity contribution >= 4 is 17.5 Å². The SMILES string of the molecule is COc1ccc(CN(C(=O)CCl)C2CCCC2)cc1OC. The predicted molar refractivity (Wildman–Crippen MR) is 83.1 cm³/mol. The highest BCUT2D eigenvalue weighted by atomic mass is 35.5. The molecule has 2 rings (SSSR count). The number of methoxy groups -OCH3 is 2. The summed E-state index contributed by atoms with van der Waals surface area (Å²) < 4.78 is 10.6. The van der Waals surface area contributed by atoms with Crippen LogP contribution in [0.25, 0.3) is 0 Å². The third-order valence-electron chi connectivity index (χ3n) is 4.00.